The molecule has 4 nitrogen and oxygen atoms in total. The van der Waals surface area contributed by atoms with Gasteiger partial charge in [0.2, 0.25) is 0 Å². The zero-order valence-electron chi connectivity index (χ0n) is 10.4. The lowest BCUT2D eigenvalue weighted by Gasteiger charge is -2.12. The van der Waals surface area contributed by atoms with Crippen molar-refractivity contribution >= 4 is 6.09 Å². The number of aliphatic hydroxyl groups excluding tert-OH is 1. The van der Waals surface area contributed by atoms with Crippen molar-refractivity contribution in [1.29, 1.82) is 0 Å². The Hall–Kier alpha value is -1.55. The molecule has 0 heterocycles. The summed E-state index contributed by atoms with van der Waals surface area (Å²) in [4.78, 5) is 11.4. The number of rotatable bonds is 6. The maximum absolute atomic E-state index is 11.4. The van der Waals surface area contributed by atoms with E-state index in [0.717, 1.165) is 24.8 Å². The molecule has 0 atom stereocenters. The van der Waals surface area contributed by atoms with Crippen molar-refractivity contribution in [2.24, 2.45) is 5.41 Å². The summed E-state index contributed by atoms with van der Waals surface area (Å²) >= 11 is 0. The van der Waals surface area contributed by atoms with Gasteiger partial charge in [-0.05, 0) is 30.2 Å². The quantitative estimate of drug-likeness (QED) is 0.811. The molecule has 1 amide bonds. The van der Waals surface area contributed by atoms with Crippen molar-refractivity contribution in [2.75, 3.05) is 13.2 Å². The summed E-state index contributed by atoms with van der Waals surface area (Å²) in [6.45, 7) is 1.07. The largest absolute Gasteiger partial charge is 0.445 e. The average Bonchev–Trinajstić information content (AvgIpc) is 3.18. The molecular weight excluding hydrogens is 230 g/mol. The third-order valence-corrected chi connectivity index (χ3v) is 3.43. The van der Waals surface area contributed by atoms with Crippen LogP contribution in [0.1, 0.15) is 24.8 Å². The molecule has 0 aliphatic heterocycles. The van der Waals surface area contributed by atoms with Crippen LogP contribution in [0.5, 0.6) is 0 Å². The van der Waals surface area contributed by atoms with E-state index in [-0.39, 0.29) is 18.6 Å². The van der Waals surface area contributed by atoms with Crippen molar-refractivity contribution in [1.82, 2.24) is 5.32 Å². The lowest BCUT2D eigenvalue weighted by Crippen LogP contribution is -2.27. The average molecular weight is 249 g/mol. The second-order valence-electron chi connectivity index (χ2n) is 4.90. The molecule has 0 aromatic heterocycles. The third-order valence-electron chi connectivity index (χ3n) is 3.43. The fourth-order valence-corrected chi connectivity index (χ4v) is 1.87. The van der Waals surface area contributed by atoms with Crippen LogP contribution in [0.25, 0.3) is 0 Å². The first-order valence-corrected chi connectivity index (χ1v) is 6.30. The third kappa shape index (κ3) is 3.74. The fraction of sp³-hybridized carbons (Fsp3) is 0.500. The Morgan fingerprint density at radius 2 is 2.06 bits per heavy atom. The van der Waals surface area contributed by atoms with Crippen LogP contribution in [0.4, 0.5) is 4.79 Å². The molecule has 1 aromatic carbocycles. The molecule has 0 unspecified atom stereocenters. The Balaban J connectivity index is 1.61. The van der Waals surface area contributed by atoms with Crippen molar-refractivity contribution in [3.63, 3.8) is 0 Å². The fourth-order valence-electron chi connectivity index (χ4n) is 1.87. The summed E-state index contributed by atoms with van der Waals surface area (Å²) in [6.07, 6.45) is 2.55. The Morgan fingerprint density at radius 3 is 2.67 bits per heavy atom. The first-order chi connectivity index (χ1) is 8.74. The van der Waals surface area contributed by atoms with E-state index in [0.29, 0.717) is 6.54 Å². The number of alkyl carbamates (subject to hydrolysis) is 1. The summed E-state index contributed by atoms with van der Waals surface area (Å²) < 4.78 is 5.08. The van der Waals surface area contributed by atoms with Gasteiger partial charge in [0.05, 0.1) is 0 Å². The molecule has 98 valence electrons. The minimum Gasteiger partial charge on any atom is -0.445 e. The molecule has 2 rings (SSSR count). The topological polar surface area (TPSA) is 58.6 Å². The van der Waals surface area contributed by atoms with Gasteiger partial charge in [-0.2, -0.15) is 0 Å². The van der Waals surface area contributed by atoms with Crippen LogP contribution in [-0.2, 0) is 11.3 Å². The Labute approximate surface area is 107 Å². The molecule has 4 heteroatoms. The molecule has 1 saturated carbocycles. The number of hydrogen-bond acceptors (Lipinski definition) is 3. The van der Waals surface area contributed by atoms with Gasteiger partial charge in [0.25, 0.3) is 0 Å². The number of carbonyl (C=O) groups excluding carboxylic acids is 1. The predicted octanol–water partition coefficient (Wildman–Crippen LogP) is 2.08. The number of nitrogens with one attached hydrogen (secondary N) is 1. The molecule has 1 aliphatic rings. The van der Waals surface area contributed by atoms with Gasteiger partial charge >= 0.3 is 6.09 Å². The van der Waals surface area contributed by atoms with Crippen LogP contribution >= 0.6 is 0 Å². The second kappa shape index (κ2) is 5.87. The molecule has 18 heavy (non-hydrogen) atoms. The highest BCUT2D eigenvalue weighted by Crippen LogP contribution is 2.47. The Kier molecular flexibility index (Phi) is 4.20. The lowest BCUT2D eigenvalue weighted by atomic mass is 10.0. The standard InChI is InChI=1S/C14H19NO3/c16-11-14(6-7-14)8-9-15-13(17)18-10-12-4-2-1-3-5-12/h1-5,16H,6-11H2,(H,15,17). The second-order valence-corrected chi connectivity index (χ2v) is 4.90. The molecule has 0 bridgehead atoms. The van der Waals surface area contributed by atoms with Gasteiger partial charge in [0.15, 0.2) is 0 Å². The maximum Gasteiger partial charge on any atom is 0.407 e. The molecule has 0 spiro atoms. The highest BCUT2D eigenvalue weighted by atomic mass is 16.5. The van der Waals surface area contributed by atoms with Gasteiger partial charge < -0.3 is 15.2 Å². The van der Waals surface area contributed by atoms with E-state index < -0.39 is 6.09 Å². The van der Waals surface area contributed by atoms with Crippen LogP contribution in [0.2, 0.25) is 0 Å². The first-order valence-electron chi connectivity index (χ1n) is 6.30. The SMILES string of the molecule is O=C(NCCC1(CO)CC1)OCc1ccccc1. The van der Waals surface area contributed by atoms with Crippen LogP contribution in [0.15, 0.2) is 30.3 Å². The zero-order chi connectivity index (χ0) is 12.8. The number of carbonyl (C=O) groups is 1. The lowest BCUT2D eigenvalue weighted by molar-refractivity contribution is 0.137. The summed E-state index contributed by atoms with van der Waals surface area (Å²) in [5, 5.41) is 11.8. The Bertz CT molecular complexity index is 387. The molecular formula is C14H19NO3. The smallest absolute Gasteiger partial charge is 0.407 e. The Morgan fingerprint density at radius 1 is 1.33 bits per heavy atom. The molecule has 0 radical (unpaired) electrons. The first kappa shape index (κ1) is 12.9. The van der Waals surface area contributed by atoms with Gasteiger partial charge in [-0.3, -0.25) is 0 Å². The molecule has 1 aliphatic carbocycles. The number of ether oxygens (including phenoxy) is 1. The van der Waals surface area contributed by atoms with Crippen LogP contribution in [0.3, 0.4) is 0 Å². The zero-order valence-corrected chi connectivity index (χ0v) is 10.4. The highest BCUT2D eigenvalue weighted by molar-refractivity contribution is 5.67. The van der Waals surface area contributed by atoms with E-state index in [1.54, 1.807) is 0 Å². The van der Waals surface area contributed by atoms with Crippen molar-refractivity contribution < 1.29 is 14.6 Å². The molecule has 2 N–H and O–H groups in total. The van der Waals surface area contributed by atoms with E-state index in [1.165, 1.54) is 0 Å². The summed E-state index contributed by atoms with van der Waals surface area (Å²) in [6, 6.07) is 9.58. The van der Waals surface area contributed by atoms with Crippen LogP contribution in [0, 0.1) is 5.41 Å². The maximum atomic E-state index is 11.4. The highest BCUT2D eigenvalue weighted by Gasteiger charge is 2.41. The number of amides is 1. The molecule has 1 fully saturated rings. The van der Waals surface area contributed by atoms with E-state index in [2.05, 4.69) is 5.32 Å². The normalized spacial score (nSPS) is 16.1. The number of aliphatic hydroxyl groups is 1. The van der Waals surface area contributed by atoms with E-state index >= 15 is 0 Å². The summed E-state index contributed by atoms with van der Waals surface area (Å²) in [5.41, 5.74) is 1.05. The van der Waals surface area contributed by atoms with Crippen LogP contribution in [-0.4, -0.2) is 24.4 Å². The minimum atomic E-state index is -0.396. The summed E-state index contributed by atoms with van der Waals surface area (Å²) in [5.74, 6) is 0. The summed E-state index contributed by atoms with van der Waals surface area (Å²) in [7, 11) is 0. The van der Waals surface area contributed by atoms with Crippen molar-refractivity contribution in [3.05, 3.63) is 35.9 Å². The van der Waals surface area contributed by atoms with Gasteiger partial charge in [-0.15, -0.1) is 0 Å². The van der Waals surface area contributed by atoms with E-state index in [4.69, 9.17) is 9.84 Å². The van der Waals surface area contributed by atoms with E-state index in [1.807, 2.05) is 30.3 Å². The van der Waals surface area contributed by atoms with E-state index in [9.17, 15) is 4.79 Å². The van der Waals surface area contributed by atoms with Gasteiger partial charge in [-0.1, -0.05) is 30.3 Å². The van der Waals surface area contributed by atoms with Crippen LogP contribution < -0.4 is 5.32 Å². The minimum absolute atomic E-state index is 0.0761. The number of benzene rings is 1. The van der Waals surface area contributed by atoms with Gasteiger partial charge in [0, 0.05) is 13.2 Å². The van der Waals surface area contributed by atoms with Crippen molar-refractivity contribution in [2.45, 2.75) is 25.9 Å². The van der Waals surface area contributed by atoms with Gasteiger partial charge in [0.1, 0.15) is 6.61 Å². The molecule has 0 saturated heterocycles. The molecule has 1 aromatic rings. The van der Waals surface area contributed by atoms with Gasteiger partial charge in [-0.25, -0.2) is 4.79 Å². The van der Waals surface area contributed by atoms with Crippen molar-refractivity contribution in [3.8, 4) is 0 Å². The number of hydrogen-bond donors (Lipinski definition) is 2. The predicted molar refractivity (Wildman–Crippen MR) is 68.0 cm³/mol. The monoisotopic (exact) mass is 249 g/mol.